The number of hydrogen-bond acceptors (Lipinski definition) is 2. The van der Waals surface area contributed by atoms with Crippen LogP contribution in [0.5, 0.6) is 0 Å². The van der Waals surface area contributed by atoms with Gasteiger partial charge in [0, 0.05) is 18.5 Å². The van der Waals surface area contributed by atoms with Gasteiger partial charge in [-0.15, -0.1) is 0 Å². The average molecular weight is 121 g/mol. The number of nitrogens with zero attached hydrogens (tertiary/aromatic N) is 1. The Balaban J connectivity index is 2.98. The number of nitrogens with two attached hydrogens (primary N) is 1. The lowest BCUT2D eigenvalue weighted by Crippen LogP contribution is -2.10. The fraction of sp³-hybridized carbons (Fsp3) is 0. The molecule has 1 aromatic rings. The molecule has 3 nitrogen and oxygen atoms in total. The van der Waals surface area contributed by atoms with E-state index in [9.17, 15) is 4.79 Å². The van der Waals surface area contributed by atoms with Crippen LogP contribution in [0.1, 0.15) is 10.4 Å². The van der Waals surface area contributed by atoms with Crippen molar-refractivity contribution in [2.24, 2.45) is 5.73 Å². The predicted molar refractivity (Wildman–Crippen MR) is 31.6 cm³/mol. The molecule has 0 aliphatic rings. The number of carbonyl (C=O) groups excluding carboxylic acids is 1. The predicted octanol–water partition coefficient (Wildman–Crippen LogP) is -0.0193. The molecule has 0 unspecified atom stereocenters. The van der Waals surface area contributed by atoms with Crippen LogP contribution in [0.3, 0.4) is 0 Å². The molecule has 1 radical (unpaired) electrons. The van der Waals surface area contributed by atoms with Crippen molar-refractivity contribution in [1.29, 1.82) is 0 Å². The zero-order chi connectivity index (χ0) is 6.69. The van der Waals surface area contributed by atoms with Gasteiger partial charge in [0.25, 0.3) is 0 Å². The van der Waals surface area contributed by atoms with Crippen molar-refractivity contribution in [2.45, 2.75) is 0 Å². The summed E-state index contributed by atoms with van der Waals surface area (Å²) in [7, 11) is 0. The van der Waals surface area contributed by atoms with E-state index in [2.05, 4.69) is 11.1 Å². The first-order valence-corrected chi connectivity index (χ1v) is 2.41. The summed E-state index contributed by atoms with van der Waals surface area (Å²) >= 11 is 0. The molecule has 0 spiro atoms. The number of rotatable bonds is 1. The first-order chi connectivity index (χ1) is 4.30. The second kappa shape index (κ2) is 2.26. The molecule has 1 rings (SSSR count). The number of carbonyl (C=O) groups is 1. The molecule has 0 bridgehead atoms. The smallest absolute Gasteiger partial charge is 0.250 e. The molecule has 0 aliphatic carbocycles. The molecule has 45 valence electrons. The van der Waals surface area contributed by atoms with E-state index in [1.54, 1.807) is 0 Å². The standard InChI is InChI=1S/C6H5N2O/c7-6(9)5-2-1-3-8-4-5/h2-4H,(H2,7,9). The van der Waals surface area contributed by atoms with Gasteiger partial charge >= 0.3 is 0 Å². The summed E-state index contributed by atoms with van der Waals surface area (Å²) in [6, 6.07) is 4.13. The Kier molecular flexibility index (Phi) is 1.44. The molecular formula is C6H5N2O. The first kappa shape index (κ1) is 5.75. The molecule has 1 aromatic heterocycles. The Hall–Kier alpha value is -1.38. The number of amides is 1. The Morgan fingerprint density at radius 3 is 2.89 bits per heavy atom. The lowest BCUT2D eigenvalue weighted by atomic mass is 10.3. The molecule has 1 amide bonds. The number of hydrogen-bond donors (Lipinski definition) is 1. The van der Waals surface area contributed by atoms with Crippen molar-refractivity contribution in [3.05, 3.63) is 30.1 Å². The van der Waals surface area contributed by atoms with Crippen LogP contribution < -0.4 is 5.73 Å². The minimum atomic E-state index is -0.473. The van der Waals surface area contributed by atoms with Crippen LogP contribution in [0.15, 0.2) is 18.5 Å². The SMILES string of the molecule is NC(=O)c1c[c]cnc1. The van der Waals surface area contributed by atoms with Gasteiger partial charge in [-0.3, -0.25) is 9.78 Å². The van der Waals surface area contributed by atoms with E-state index in [0.29, 0.717) is 5.56 Å². The highest BCUT2D eigenvalue weighted by molar-refractivity contribution is 5.92. The molecule has 3 heteroatoms. The highest BCUT2D eigenvalue weighted by Crippen LogP contribution is 1.90. The largest absolute Gasteiger partial charge is 0.366 e. The van der Waals surface area contributed by atoms with Gasteiger partial charge in [-0.2, -0.15) is 0 Å². The minimum Gasteiger partial charge on any atom is -0.366 e. The van der Waals surface area contributed by atoms with Crippen molar-refractivity contribution < 1.29 is 4.79 Å². The van der Waals surface area contributed by atoms with Gasteiger partial charge in [-0.25, -0.2) is 0 Å². The highest BCUT2D eigenvalue weighted by Gasteiger charge is 1.95. The molecular weight excluding hydrogens is 116 g/mol. The van der Waals surface area contributed by atoms with E-state index in [4.69, 9.17) is 5.73 Å². The Bertz CT molecular complexity index is 208. The van der Waals surface area contributed by atoms with Gasteiger partial charge in [-0.1, -0.05) is 0 Å². The van der Waals surface area contributed by atoms with Crippen molar-refractivity contribution >= 4 is 5.91 Å². The van der Waals surface area contributed by atoms with E-state index < -0.39 is 5.91 Å². The van der Waals surface area contributed by atoms with Crippen LogP contribution in [-0.2, 0) is 0 Å². The molecule has 0 atom stereocenters. The molecule has 9 heavy (non-hydrogen) atoms. The zero-order valence-corrected chi connectivity index (χ0v) is 4.66. The number of pyridine rings is 1. The summed E-state index contributed by atoms with van der Waals surface area (Å²) in [5.41, 5.74) is 5.30. The second-order valence-electron chi connectivity index (χ2n) is 1.54. The summed E-state index contributed by atoms with van der Waals surface area (Å²) in [5, 5.41) is 0. The van der Waals surface area contributed by atoms with Crippen LogP contribution in [0.25, 0.3) is 0 Å². The van der Waals surface area contributed by atoms with Gasteiger partial charge in [-0.05, 0) is 6.07 Å². The molecule has 1 heterocycles. The third kappa shape index (κ3) is 1.25. The van der Waals surface area contributed by atoms with Crippen molar-refractivity contribution in [2.75, 3.05) is 0 Å². The molecule has 2 N–H and O–H groups in total. The van der Waals surface area contributed by atoms with E-state index in [1.165, 1.54) is 18.5 Å². The Morgan fingerprint density at radius 1 is 1.78 bits per heavy atom. The normalized spacial score (nSPS) is 8.89. The van der Waals surface area contributed by atoms with Crippen LogP contribution in [0.4, 0.5) is 0 Å². The number of aromatic nitrogens is 1. The Labute approximate surface area is 52.5 Å². The van der Waals surface area contributed by atoms with Crippen LogP contribution in [0, 0.1) is 6.07 Å². The Morgan fingerprint density at radius 2 is 2.56 bits per heavy atom. The molecule has 0 fully saturated rings. The average Bonchev–Trinajstić information content (AvgIpc) is 1.90. The summed E-state index contributed by atoms with van der Waals surface area (Å²) in [6.45, 7) is 0. The lowest BCUT2D eigenvalue weighted by molar-refractivity contribution is 0.1000. The van der Waals surface area contributed by atoms with Gasteiger partial charge in [0.2, 0.25) is 5.91 Å². The summed E-state index contributed by atoms with van der Waals surface area (Å²) in [6.07, 6.45) is 2.87. The summed E-state index contributed by atoms with van der Waals surface area (Å²) in [4.78, 5) is 14.0. The maximum Gasteiger partial charge on any atom is 0.250 e. The molecule has 0 aliphatic heterocycles. The topological polar surface area (TPSA) is 56.0 Å². The van der Waals surface area contributed by atoms with Crippen LogP contribution in [0.2, 0.25) is 0 Å². The van der Waals surface area contributed by atoms with Gasteiger partial charge < -0.3 is 5.73 Å². The molecule has 0 saturated carbocycles. The summed E-state index contributed by atoms with van der Waals surface area (Å²) < 4.78 is 0. The fourth-order valence-electron chi connectivity index (χ4n) is 0.460. The van der Waals surface area contributed by atoms with Crippen LogP contribution >= 0.6 is 0 Å². The maximum atomic E-state index is 10.4. The monoisotopic (exact) mass is 121 g/mol. The first-order valence-electron chi connectivity index (χ1n) is 2.41. The van der Waals surface area contributed by atoms with Crippen molar-refractivity contribution in [3.8, 4) is 0 Å². The molecule has 0 saturated heterocycles. The lowest BCUT2D eigenvalue weighted by Gasteiger charge is -1.88. The van der Waals surface area contributed by atoms with Gasteiger partial charge in [0.1, 0.15) is 0 Å². The number of primary amides is 1. The molecule has 0 aromatic carbocycles. The van der Waals surface area contributed by atoms with E-state index >= 15 is 0 Å². The minimum absolute atomic E-state index is 0.387. The third-order valence-electron chi connectivity index (χ3n) is 0.886. The third-order valence-corrected chi connectivity index (χ3v) is 0.886. The van der Waals surface area contributed by atoms with E-state index in [1.807, 2.05) is 0 Å². The fourth-order valence-corrected chi connectivity index (χ4v) is 0.460. The van der Waals surface area contributed by atoms with Gasteiger partial charge in [0.15, 0.2) is 0 Å². The van der Waals surface area contributed by atoms with E-state index in [-0.39, 0.29) is 0 Å². The highest BCUT2D eigenvalue weighted by atomic mass is 16.1. The maximum absolute atomic E-state index is 10.4. The quantitative estimate of drug-likeness (QED) is 0.567. The van der Waals surface area contributed by atoms with Gasteiger partial charge in [0.05, 0.1) is 5.56 Å². The summed E-state index contributed by atoms with van der Waals surface area (Å²) in [5.74, 6) is -0.473. The van der Waals surface area contributed by atoms with Crippen molar-refractivity contribution in [3.63, 3.8) is 0 Å². The zero-order valence-electron chi connectivity index (χ0n) is 4.66. The van der Waals surface area contributed by atoms with Crippen LogP contribution in [-0.4, -0.2) is 10.9 Å². The van der Waals surface area contributed by atoms with Crippen molar-refractivity contribution in [1.82, 2.24) is 4.98 Å². The van der Waals surface area contributed by atoms with E-state index in [0.717, 1.165) is 0 Å². The second-order valence-corrected chi connectivity index (χ2v) is 1.54.